The Morgan fingerprint density at radius 1 is 1.48 bits per heavy atom. The number of hydrogen-bond acceptors (Lipinski definition) is 3. The van der Waals surface area contributed by atoms with Crippen molar-refractivity contribution in [3.63, 3.8) is 0 Å². The van der Waals surface area contributed by atoms with Crippen LogP contribution >= 0.6 is 27.3 Å². The van der Waals surface area contributed by atoms with Gasteiger partial charge in [0.15, 0.2) is 5.13 Å². The molecule has 0 aliphatic rings. The zero-order chi connectivity index (χ0) is 15.6. The number of hydrogen-bond donors (Lipinski definition) is 1. The van der Waals surface area contributed by atoms with E-state index in [-0.39, 0.29) is 12.3 Å². The van der Waals surface area contributed by atoms with E-state index >= 15 is 0 Å². The number of nitrogens with one attached hydrogen (secondary N) is 1. The molecule has 2 aromatic rings. The average molecular weight is 371 g/mol. The van der Waals surface area contributed by atoms with Gasteiger partial charge in [0.05, 0.1) is 12.1 Å². The highest BCUT2D eigenvalue weighted by Crippen LogP contribution is 2.29. The van der Waals surface area contributed by atoms with E-state index in [0.717, 1.165) is 10.6 Å². The van der Waals surface area contributed by atoms with Crippen LogP contribution in [0.2, 0.25) is 0 Å². The van der Waals surface area contributed by atoms with Gasteiger partial charge in [-0.25, -0.2) is 9.37 Å². The molecule has 112 valence electrons. The van der Waals surface area contributed by atoms with E-state index in [1.165, 1.54) is 17.4 Å². The Morgan fingerprint density at radius 2 is 2.19 bits per heavy atom. The highest BCUT2D eigenvalue weighted by Gasteiger charge is 2.14. The van der Waals surface area contributed by atoms with Crippen molar-refractivity contribution in [2.24, 2.45) is 0 Å². The van der Waals surface area contributed by atoms with Crippen LogP contribution < -0.4 is 5.32 Å². The lowest BCUT2D eigenvalue weighted by molar-refractivity contribution is -0.115. The number of amides is 1. The summed E-state index contributed by atoms with van der Waals surface area (Å²) in [7, 11) is 0. The van der Waals surface area contributed by atoms with Crippen LogP contribution in [0.1, 0.15) is 35.9 Å². The van der Waals surface area contributed by atoms with Crippen LogP contribution in [0, 0.1) is 12.7 Å². The van der Waals surface area contributed by atoms with Crippen molar-refractivity contribution in [2.45, 2.75) is 33.1 Å². The third kappa shape index (κ3) is 4.11. The van der Waals surface area contributed by atoms with Gasteiger partial charge >= 0.3 is 0 Å². The first-order chi connectivity index (χ1) is 9.86. The molecule has 6 heteroatoms. The zero-order valence-electron chi connectivity index (χ0n) is 12.0. The fraction of sp³-hybridized carbons (Fsp3) is 0.333. The normalized spacial score (nSPS) is 11.0. The lowest BCUT2D eigenvalue weighted by Crippen LogP contribution is -2.15. The van der Waals surface area contributed by atoms with Gasteiger partial charge in [0.25, 0.3) is 0 Å². The van der Waals surface area contributed by atoms with Crippen molar-refractivity contribution in [3.8, 4) is 0 Å². The zero-order valence-corrected chi connectivity index (χ0v) is 14.4. The Labute approximate surface area is 135 Å². The first-order valence-corrected chi connectivity index (χ1v) is 8.19. The molecule has 0 aliphatic heterocycles. The molecule has 1 N–H and O–H groups in total. The van der Waals surface area contributed by atoms with Gasteiger partial charge < -0.3 is 5.32 Å². The van der Waals surface area contributed by atoms with Crippen molar-refractivity contribution < 1.29 is 9.18 Å². The van der Waals surface area contributed by atoms with Gasteiger partial charge in [0, 0.05) is 9.35 Å². The van der Waals surface area contributed by atoms with Crippen LogP contribution in [0.5, 0.6) is 0 Å². The van der Waals surface area contributed by atoms with E-state index in [1.807, 2.05) is 6.92 Å². The van der Waals surface area contributed by atoms with Gasteiger partial charge in [-0.05, 0) is 30.5 Å². The molecule has 0 saturated carbocycles. The first kappa shape index (κ1) is 16.1. The predicted octanol–water partition coefficient (Wildman–Crippen LogP) is 4.66. The van der Waals surface area contributed by atoms with Crippen LogP contribution in [0.3, 0.4) is 0 Å². The third-order valence-corrected chi connectivity index (χ3v) is 4.84. The number of aromatic nitrogens is 1. The molecule has 21 heavy (non-hydrogen) atoms. The lowest BCUT2D eigenvalue weighted by Gasteiger charge is -2.04. The second kappa shape index (κ2) is 6.66. The molecule has 1 aromatic heterocycles. The Kier molecular flexibility index (Phi) is 5.11. The van der Waals surface area contributed by atoms with E-state index in [2.05, 4.69) is 40.1 Å². The quantitative estimate of drug-likeness (QED) is 0.850. The molecule has 0 aliphatic carbocycles. The largest absolute Gasteiger partial charge is 0.302 e. The number of thiazole rings is 1. The fourth-order valence-corrected chi connectivity index (χ4v) is 3.32. The van der Waals surface area contributed by atoms with Crippen LogP contribution in [0.4, 0.5) is 9.52 Å². The van der Waals surface area contributed by atoms with Crippen LogP contribution in [-0.2, 0) is 11.2 Å². The summed E-state index contributed by atoms with van der Waals surface area (Å²) in [6, 6.07) is 4.68. The summed E-state index contributed by atoms with van der Waals surface area (Å²) in [6.07, 6.45) is -0.00521. The molecule has 0 radical (unpaired) electrons. The molecule has 0 spiro atoms. The smallest absolute Gasteiger partial charge is 0.230 e. The van der Waals surface area contributed by atoms with Crippen molar-refractivity contribution in [3.05, 3.63) is 44.6 Å². The fourth-order valence-electron chi connectivity index (χ4n) is 2.00. The summed E-state index contributed by atoms with van der Waals surface area (Å²) >= 11 is 4.66. The number of carbonyl (C=O) groups excluding carboxylic acids is 1. The summed E-state index contributed by atoms with van der Waals surface area (Å²) in [5.74, 6) is -0.282. The summed E-state index contributed by atoms with van der Waals surface area (Å²) in [5.41, 5.74) is 1.30. The van der Waals surface area contributed by atoms with Crippen LogP contribution in [0.25, 0.3) is 0 Å². The predicted molar refractivity (Wildman–Crippen MR) is 87.4 cm³/mol. The van der Waals surface area contributed by atoms with Crippen molar-refractivity contribution in [1.82, 2.24) is 4.98 Å². The molecule has 0 saturated heterocycles. The standard InChI is InChI=1S/C15H16BrFN2OS/c1-8(2)14-9(3)18-15(21-14)19-13(20)6-10-4-5-11(16)7-12(10)17/h4-5,7-8H,6H2,1-3H3,(H,18,19,20). The van der Waals surface area contributed by atoms with Gasteiger partial charge in [-0.3, -0.25) is 4.79 Å². The van der Waals surface area contributed by atoms with Crippen molar-refractivity contribution in [1.29, 1.82) is 0 Å². The molecule has 0 bridgehead atoms. The molecule has 3 nitrogen and oxygen atoms in total. The minimum Gasteiger partial charge on any atom is -0.302 e. The first-order valence-electron chi connectivity index (χ1n) is 6.58. The highest BCUT2D eigenvalue weighted by molar-refractivity contribution is 9.10. The van der Waals surface area contributed by atoms with Gasteiger partial charge in [0.2, 0.25) is 5.91 Å². The van der Waals surface area contributed by atoms with E-state index < -0.39 is 5.82 Å². The summed E-state index contributed by atoms with van der Waals surface area (Å²) in [6.45, 7) is 6.10. The molecule has 0 fully saturated rings. The van der Waals surface area contributed by atoms with Gasteiger partial charge in [0.1, 0.15) is 5.82 Å². The maximum Gasteiger partial charge on any atom is 0.230 e. The van der Waals surface area contributed by atoms with Gasteiger partial charge in [-0.1, -0.05) is 35.8 Å². The topological polar surface area (TPSA) is 42.0 Å². The van der Waals surface area contributed by atoms with Gasteiger partial charge in [-0.2, -0.15) is 0 Å². The molecule has 0 unspecified atom stereocenters. The SMILES string of the molecule is Cc1nc(NC(=O)Cc2ccc(Br)cc2F)sc1C(C)C. The molecular formula is C15H16BrFN2OS. The van der Waals surface area contributed by atoms with Crippen LogP contribution in [0.15, 0.2) is 22.7 Å². The summed E-state index contributed by atoms with van der Waals surface area (Å²) in [5, 5.41) is 3.31. The summed E-state index contributed by atoms with van der Waals surface area (Å²) in [4.78, 5) is 17.5. The third-order valence-electron chi connectivity index (χ3n) is 2.97. The number of anilines is 1. The Hall–Kier alpha value is -1.27. The molecule has 1 aromatic carbocycles. The monoisotopic (exact) mass is 370 g/mol. The van der Waals surface area contributed by atoms with E-state index in [4.69, 9.17) is 0 Å². The Balaban J connectivity index is 2.06. The molecule has 1 amide bonds. The second-order valence-corrected chi connectivity index (χ2v) is 7.03. The van der Waals surface area contributed by atoms with E-state index in [9.17, 15) is 9.18 Å². The van der Waals surface area contributed by atoms with E-state index in [1.54, 1.807) is 12.1 Å². The van der Waals surface area contributed by atoms with Crippen LogP contribution in [-0.4, -0.2) is 10.9 Å². The van der Waals surface area contributed by atoms with Crippen molar-refractivity contribution >= 4 is 38.3 Å². The molecule has 1 heterocycles. The lowest BCUT2D eigenvalue weighted by atomic mass is 10.1. The number of carbonyl (C=O) groups is 1. The molecular weight excluding hydrogens is 355 g/mol. The van der Waals surface area contributed by atoms with Gasteiger partial charge in [-0.15, -0.1) is 11.3 Å². The molecule has 0 atom stereocenters. The Morgan fingerprint density at radius 3 is 2.76 bits per heavy atom. The maximum absolute atomic E-state index is 13.7. The Bertz CT molecular complexity index is 670. The number of rotatable bonds is 4. The second-order valence-electron chi connectivity index (χ2n) is 5.08. The minimum atomic E-state index is -0.391. The molecule has 2 rings (SSSR count). The number of halogens is 2. The average Bonchev–Trinajstić information content (AvgIpc) is 2.74. The maximum atomic E-state index is 13.7. The highest BCUT2D eigenvalue weighted by atomic mass is 79.9. The van der Waals surface area contributed by atoms with E-state index in [0.29, 0.717) is 21.1 Å². The van der Waals surface area contributed by atoms with Crippen molar-refractivity contribution in [2.75, 3.05) is 5.32 Å². The minimum absolute atomic E-state index is 0.00521. The number of nitrogens with zero attached hydrogens (tertiary/aromatic N) is 1. The summed E-state index contributed by atoms with van der Waals surface area (Å²) < 4.78 is 14.4. The number of aryl methyl sites for hydroxylation is 1. The number of benzene rings is 1.